The number of carbonyl (C=O) groups excluding carboxylic acids is 1. The molecule has 1 N–H and O–H groups in total. The number of benzene rings is 2. The number of rotatable bonds is 7. The molecule has 0 aliphatic heterocycles. The normalized spacial score (nSPS) is 11.3. The van der Waals surface area contributed by atoms with Gasteiger partial charge in [0.25, 0.3) is 0 Å². The van der Waals surface area contributed by atoms with E-state index < -0.39 is 0 Å². The van der Waals surface area contributed by atoms with Crippen LogP contribution in [0.15, 0.2) is 56.9 Å². The van der Waals surface area contributed by atoms with Gasteiger partial charge in [-0.25, -0.2) is 5.43 Å². The van der Waals surface area contributed by atoms with E-state index in [4.69, 9.17) is 11.6 Å². The van der Waals surface area contributed by atoms with E-state index in [9.17, 15) is 4.79 Å². The summed E-state index contributed by atoms with van der Waals surface area (Å²) in [5, 5.41) is 4.91. The molecule has 0 fully saturated rings. The Hall–Kier alpha value is -2.02. The third kappa shape index (κ3) is 5.62. The summed E-state index contributed by atoms with van der Waals surface area (Å²) >= 11 is 11.2. The fourth-order valence-corrected chi connectivity index (χ4v) is 5.03. The maximum atomic E-state index is 12.2. The van der Waals surface area contributed by atoms with Crippen molar-refractivity contribution in [3.8, 4) is 5.69 Å². The molecule has 3 aromatic rings. The molecule has 1 aromatic heterocycles. The lowest BCUT2D eigenvalue weighted by Crippen LogP contribution is -2.17. The third-order valence-electron chi connectivity index (χ3n) is 5.07. The van der Waals surface area contributed by atoms with Crippen LogP contribution < -0.4 is 5.43 Å². The standard InChI is InChI=1S/C24H25BrClN3OS/c1-15-6-5-7-16(2)24(15)29-17(3)21(23(25)18(29)4)14-27-28-22(30)12-13-31-20-10-8-19(26)9-11-20/h5-11,14H,12-13H2,1-4H3,(H,28,30)/b27-14-. The topological polar surface area (TPSA) is 46.4 Å². The smallest absolute Gasteiger partial charge is 0.240 e. The second-order valence-electron chi connectivity index (χ2n) is 7.32. The summed E-state index contributed by atoms with van der Waals surface area (Å²) in [7, 11) is 0. The quantitative estimate of drug-likeness (QED) is 0.213. The molecule has 0 aliphatic carbocycles. The molecule has 0 saturated heterocycles. The van der Waals surface area contributed by atoms with E-state index in [0.29, 0.717) is 17.2 Å². The molecule has 2 aromatic carbocycles. The molecular formula is C24H25BrClN3OS. The minimum absolute atomic E-state index is 0.114. The zero-order valence-electron chi connectivity index (χ0n) is 18.0. The van der Waals surface area contributed by atoms with E-state index in [-0.39, 0.29) is 5.91 Å². The molecule has 7 heteroatoms. The number of para-hydroxylation sites is 1. The first-order valence-electron chi connectivity index (χ1n) is 9.94. The Balaban J connectivity index is 1.66. The van der Waals surface area contributed by atoms with Gasteiger partial charge in [0, 0.05) is 43.5 Å². The molecule has 0 saturated carbocycles. The maximum absolute atomic E-state index is 12.2. The van der Waals surface area contributed by atoms with E-state index in [2.05, 4.69) is 76.9 Å². The van der Waals surface area contributed by atoms with Crippen molar-refractivity contribution in [2.75, 3.05) is 5.75 Å². The van der Waals surface area contributed by atoms with Gasteiger partial charge in [-0.2, -0.15) is 5.10 Å². The van der Waals surface area contributed by atoms with Gasteiger partial charge in [-0.15, -0.1) is 11.8 Å². The van der Waals surface area contributed by atoms with Crippen molar-refractivity contribution in [1.29, 1.82) is 0 Å². The first kappa shape index (κ1) is 23.6. The molecule has 3 rings (SSSR count). The third-order valence-corrected chi connectivity index (χ3v) is 7.34. The lowest BCUT2D eigenvalue weighted by molar-refractivity contribution is -0.120. The van der Waals surface area contributed by atoms with E-state index in [1.165, 1.54) is 16.8 Å². The molecule has 0 spiro atoms. The number of hydrazone groups is 1. The predicted molar refractivity (Wildman–Crippen MR) is 135 cm³/mol. The van der Waals surface area contributed by atoms with Crippen LogP contribution in [-0.4, -0.2) is 22.4 Å². The van der Waals surface area contributed by atoms with E-state index in [0.717, 1.165) is 26.3 Å². The summed E-state index contributed by atoms with van der Waals surface area (Å²) in [6.45, 7) is 8.37. The number of carbonyl (C=O) groups is 1. The van der Waals surface area contributed by atoms with Gasteiger partial charge in [-0.1, -0.05) is 29.8 Å². The van der Waals surface area contributed by atoms with Gasteiger partial charge < -0.3 is 4.57 Å². The number of hydrogen-bond donors (Lipinski definition) is 1. The lowest BCUT2D eigenvalue weighted by atomic mass is 10.1. The first-order valence-corrected chi connectivity index (χ1v) is 12.1. The zero-order valence-corrected chi connectivity index (χ0v) is 21.2. The Bertz CT molecular complexity index is 1100. The molecule has 1 heterocycles. The Labute approximate surface area is 201 Å². The fourth-order valence-electron chi connectivity index (χ4n) is 3.48. The number of halogens is 2. The molecular weight excluding hydrogens is 494 g/mol. The Morgan fingerprint density at radius 3 is 2.39 bits per heavy atom. The molecule has 0 unspecified atom stereocenters. The van der Waals surface area contributed by atoms with Gasteiger partial charge in [-0.3, -0.25) is 4.79 Å². The van der Waals surface area contributed by atoms with Gasteiger partial charge in [-0.05, 0) is 79.0 Å². The van der Waals surface area contributed by atoms with Crippen molar-refractivity contribution in [1.82, 2.24) is 9.99 Å². The summed E-state index contributed by atoms with van der Waals surface area (Å²) in [5.74, 6) is 0.561. The molecule has 0 radical (unpaired) electrons. The number of nitrogens with one attached hydrogen (secondary N) is 1. The number of thioether (sulfide) groups is 1. The SMILES string of the molecule is Cc1cccc(C)c1-n1c(C)c(Br)c(/C=N\NC(=O)CCSc2ccc(Cl)cc2)c1C. The van der Waals surface area contributed by atoms with E-state index in [1.54, 1.807) is 18.0 Å². The van der Waals surface area contributed by atoms with Gasteiger partial charge in [0.1, 0.15) is 0 Å². The Morgan fingerprint density at radius 1 is 1.10 bits per heavy atom. The van der Waals surface area contributed by atoms with Crippen LogP contribution in [-0.2, 0) is 4.79 Å². The largest absolute Gasteiger partial charge is 0.316 e. The second-order valence-corrected chi connectivity index (χ2v) is 9.72. The highest BCUT2D eigenvalue weighted by Gasteiger charge is 2.18. The summed E-state index contributed by atoms with van der Waals surface area (Å²) in [4.78, 5) is 13.2. The van der Waals surface area contributed by atoms with Crippen LogP contribution in [0.2, 0.25) is 5.02 Å². The van der Waals surface area contributed by atoms with Crippen molar-refractivity contribution in [2.45, 2.75) is 39.0 Å². The van der Waals surface area contributed by atoms with Crippen molar-refractivity contribution in [2.24, 2.45) is 5.10 Å². The van der Waals surface area contributed by atoms with E-state index >= 15 is 0 Å². The van der Waals surface area contributed by atoms with Crippen molar-refractivity contribution in [3.05, 3.63) is 80.0 Å². The average Bonchev–Trinajstić information content (AvgIpc) is 2.93. The highest BCUT2D eigenvalue weighted by atomic mass is 79.9. The Morgan fingerprint density at radius 2 is 1.74 bits per heavy atom. The number of hydrogen-bond acceptors (Lipinski definition) is 3. The van der Waals surface area contributed by atoms with Crippen LogP contribution in [0.4, 0.5) is 0 Å². The van der Waals surface area contributed by atoms with Crippen molar-refractivity contribution < 1.29 is 4.79 Å². The molecule has 0 bridgehead atoms. The van der Waals surface area contributed by atoms with E-state index in [1.807, 2.05) is 24.3 Å². The van der Waals surface area contributed by atoms with Crippen LogP contribution in [0.5, 0.6) is 0 Å². The summed E-state index contributed by atoms with van der Waals surface area (Å²) < 4.78 is 3.21. The van der Waals surface area contributed by atoms with Crippen molar-refractivity contribution in [3.63, 3.8) is 0 Å². The minimum atomic E-state index is -0.114. The summed E-state index contributed by atoms with van der Waals surface area (Å²) in [5.41, 5.74) is 9.36. The minimum Gasteiger partial charge on any atom is -0.316 e. The molecule has 162 valence electrons. The molecule has 1 amide bonds. The summed E-state index contributed by atoms with van der Waals surface area (Å²) in [6.07, 6.45) is 2.09. The van der Waals surface area contributed by atoms with Crippen LogP contribution in [0, 0.1) is 27.7 Å². The molecule has 0 aliphatic rings. The number of aromatic nitrogens is 1. The lowest BCUT2D eigenvalue weighted by Gasteiger charge is -2.15. The molecule has 31 heavy (non-hydrogen) atoms. The van der Waals surface area contributed by atoms with Gasteiger partial charge in [0.15, 0.2) is 0 Å². The van der Waals surface area contributed by atoms with Gasteiger partial charge in [0.2, 0.25) is 5.91 Å². The molecule has 0 atom stereocenters. The van der Waals surface area contributed by atoms with Crippen molar-refractivity contribution >= 4 is 51.4 Å². The first-order chi connectivity index (χ1) is 14.8. The monoisotopic (exact) mass is 517 g/mol. The number of nitrogens with zero attached hydrogens (tertiary/aromatic N) is 2. The van der Waals surface area contributed by atoms with Crippen LogP contribution >= 0.6 is 39.3 Å². The van der Waals surface area contributed by atoms with Crippen LogP contribution in [0.3, 0.4) is 0 Å². The highest BCUT2D eigenvalue weighted by molar-refractivity contribution is 9.10. The number of aryl methyl sites for hydroxylation is 2. The highest BCUT2D eigenvalue weighted by Crippen LogP contribution is 2.32. The summed E-state index contributed by atoms with van der Waals surface area (Å²) in [6, 6.07) is 13.9. The molecule has 4 nitrogen and oxygen atoms in total. The average molecular weight is 519 g/mol. The second kappa shape index (κ2) is 10.5. The van der Waals surface area contributed by atoms with Gasteiger partial charge >= 0.3 is 0 Å². The zero-order chi connectivity index (χ0) is 22.5. The maximum Gasteiger partial charge on any atom is 0.240 e. The fraction of sp³-hybridized carbons (Fsp3) is 0.250. The predicted octanol–water partition coefficient (Wildman–Crippen LogP) is 6.76. The van der Waals surface area contributed by atoms with Crippen LogP contribution in [0.1, 0.15) is 34.5 Å². The van der Waals surface area contributed by atoms with Gasteiger partial charge in [0.05, 0.1) is 11.9 Å². The van der Waals surface area contributed by atoms with Crippen LogP contribution in [0.25, 0.3) is 5.69 Å². The Kier molecular flexibility index (Phi) is 8.03. The number of amides is 1.